The van der Waals surface area contributed by atoms with Crippen LogP contribution in [0.2, 0.25) is 5.28 Å². The molecule has 9 heteroatoms. The summed E-state index contributed by atoms with van der Waals surface area (Å²) in [4.78, 5) is 13.1. The van der Waals surface area contributed by atoms with Crippen molar-refractivity contribution in [2.45, 2.75) is 39.0 Å². The first-order valence-corrected chi connectivity index (χ1v) is 5.96. The fourth-order valence-electron chi connectivity index (χ4n) is 1.07. The lowest BCUT2D eigenvalue weighted by molar-refractivity contribution is -0.138. The lowest BCUT2D eigenvalue weighted by Gasteiger charge is -2.22. The third-order valence-electron chi connectivity index (χ3n) is 2.52. The summed E-state index contributed by atoms with van der Waals surface area (Å²) in [5.41, 5.74) is 0. The number of nitrogens with one attached hydrogen (secondary N) is 1. The predicted octanol–water partition coefficient (Wildman–Crippen LogP) is 2.73. The molecule has 0 unspecified atom stereocenters. The van der Waals surface area contributed by atoms with Crippen molar-refractivity contribution in [3.8, 4) is 0 Å². The van der Waals surface area contributed by atoms with Gasteiger partial charge >= 0.3 is 6.18 Å². The summed E-state index contributed by atoms with van der Waals surface area (Å²) < 4.78 is 37.3. The van der Waals surface area contributed by atoms with E-state index >= 15 is 0 Å². The molecule has 0 amide bonds. The van der Waals surface area contributed by atoms with Crippen molar-refractivity contribution in [3.63, 3.8) is 0 Å². The molecule has 0 aromatic carbocycles. The van der Waals surface area contributed by atoms with Crippen LogP contribution in [0.25, 0.3) is 0 Å². The standard InChI is InChI=1S/C10H15ClF3N5/c1-5(2)19(4)9-17-7(11)16-8(18-9)15-6(3)10(12,13)14/h5-6H,1-4H3,(H,15,16,17,18)/t6-/m1/s1. The number of alkyl halides is 3. The molecule has 0 saturated carbocycles. The fraction of sp³-hybridized carbons (Fsp3) is 0.700. The van der Waals surface area contributed by atoms with E-state index in [9.17, 15) is 13.2 Å². The van der Waals surface area contributed by atoms with Crippen LogP contribution in [0.5, 0.6) is 0 Å². The van der Waals surface area contributed by atoms with Gasteiger partial charge in [0, 0.05) is 13.1 Å². The lowest BCUT2D eigenvalue weighted by Crippen LogP contribution is -2.34. The van der Waals surface area contributed by atoms with E-state index in [4.69, 9.17) is 11.6 Å². The molecular formula is C10H15ClF3N5. The molecule has 19 heavy (non-hydrogen) atoms. The van der Waals surface area contributed by atoms with Crippen LogP contribution < -0.4 is 10.2 Å². The maximum Gasteiger partial charge on any atom is 0.408 e. The van der Waals surface area contributed by atoms with Crippen LogP contribution >= 0.6 is 11.6 Å². The summed E-state index contributed by atoms with van der Waals surface area (Å²) in [6.07, 6.45) is -4.39. The largest absolute Gasteiger partial charge is 0.408 e. The third-order valence-corrected chi connectivity index (χ3v) is 2.69. The molecule has 0 fully saturated rings. The van der Waals surface area contributed by atoms with E-state index in [1.165, 1.54) is 0 Å². The van der Waals surface area contributed by atoms with Gasteiger partial charge in [-0.3, -0.25) is 0 Å². The van der Waals surface area contributed by atoms with Crippen molar-refractivity contribution < 1.29 is 13.2 Å². The molecule has 0 aliphatic rings. The minimum Gasteiger partial charge on any atom is -0.343 e. The molecule has 5 nitrogen and oxygen atoms in total. The van der Waals surface area contributed by atoms with E-state index in [1.54, 1.807) is 11.9 Å². The first-order valence-electron chi connectivity index (χ1n) is 5.59. The van der Waals surface area contributed by atoms with E-state index in [-0.39, 0.29) is 23.2 Å². The molecular weight excluding hydrogens is 283 g/mol. The Morgan fingerprint density at radius 3 is 2.21 bits per heavy atom. The summed E-state index contributed by atoms with van der Waals surface area (Å²) in [6, 6.07) is -1.70. The van der Waals surface area contributed by atoms with Gasteiger partial charge in [0.1, 0.15) is 6.04 Å². The molecule has 0 saturated heterocycles. The van der Waals surface area contributed by atoms with Gasteiger partial charge in [-0.25, -0.2) is 0 Å². The maximum absolute atomic E-state index is 12.4. The summed E-state index contributed by atoms with van der Waals surface area (Å²) >= 11 is 5.69. The Bertz CT molecular complexity index is 438. The molecule has 0 spiro atoms. The molecule has 1 atom stereocenters. The van der Waals surface area contributed by atoms with Gasteiger partial charge in [0.2, 0.25) is 17.2 Å². The summed E-state index contributed by atoms with van der Waals surface area (Å²) in [6.45, 7) is 4.76. The minimum atomic E-state index is -4.39. The Kier molecular flexibility index (Phi) is 4.78. The third kappa shape index (κ3) is 4.38. The van der Waals surface area contributed by atoms with Crippen molar-refractivity contribution in [2.75, 3.05) is 17.3 Å². The van der Waals surface area contributed by atoms with Gasteiger partial charge < -0.3 is 10.2 Å². The Morgan fingerprint density at radius 1 is 1.16 bits per heavy atom. The van der Waals surface area contributed by atoms with Gasteiger partial charge in [-0.15, -0.1) is 0 Å². The zero-order chi connectivity index (χ0) is 14.8. The van der Waals surface area contributed by atoms with E-state index in [0.29, 0.717) is 0 Å². The van der Waals surface area contributed by atoms with Crippen molar-refractivity contribution in [1.82, 2.24) is 15.0 Å². The SMILES string of the molecule is CC(C)N(C)c1nc(Cl)nc(N[C@H](C)C(F)(F)F)n1. The second kappa shape index (κ2) is 5.77. The topological polar surface area (TPSA) is 53.9 Å². The smallest absolute Gasteiger partial charge is 0.343 e. The van der Waals surface area contributed by atoms with E-state index in [1.807, 2.05) is 13.8 Å². The van der Waals surface area contributed by atoms with Gasteiger partial charge in [-0.05, 0) is 32.4 Å². The lowest BCUT2D eigenvalue weighted by atomic mass is 10.3. The number of hydrogen-bond donors (Lipinski definition) is 1. The van der Waals surface area contributed by atoms with Crippen molar-refractivity contribution in [2.24, 2.45) is 0 Å². The Morgan fingerprint density at radius 2 is 1.74 bits per heavy atom. The van der Waals surface area contributed by atoms with Gasteiger partial charge in [0.05, 0.1) is 0 Å². The zero-order valence-electron chi connectivity index (χ0n) is 11.0. The number of nitrogens with zero attached hydrogens (tertiary/aromatic N) is 4. The van der Waals surface area contributed by atoms with Crippen molar-refractivity contribution in [3.05, 3.63) is 5.28 Å². The highest BCUT2D eigenvalue weighted by Gasteiger charge is 2.36. The van der Waals surface area contributed by atoms with Crippen LogP contribution in [0.15, 0.2) is 0 Å². The summed E-state index contributed by atoms with van der Waals surface area (Å²) in [5, 5.41) is 2.00. The van der Waals surface area contributed by atoms with Crippen LogP contribution in [0.3, 0.4) is 0 Å². The van der Waals surface area contributed by atoms with Crippen molar-refractivity contribution in [1.29, 1.82) is 0 Å². The van der Waals surface area contributed by atoms with E-state index < -0.39 is 12.2 Å². The maximum atomic E-state index is 12.4. The molecule has 1 N–H and O–H groups in total. The molecule has 1 aromatic rings. The Hall–Kier alpha value is -1.31. The molecule has 108 valence electrons. The van der Waals surface area contributed by atoms with E-state index in [0.717, 1.165) is 6.92 Å². The van der Waals surface area contributed by atoms with Gasteiger partial charge in [-0.1, -0.05) is 0 Å². The monoisotopic (exact) mass is 297 g/mol. The normalized spacial score (nSPS) is 13.5. The minimum absolute atomic E-state index is 0.0753. The first kappa shape index (κ1) is 15.7. The number of hydrogen-bond acceptors (Lipinski definition) is 5. The van der Waals surface area contributed by atoms with Crippen molar-refractivity contribution >= 4 is 23.5 Å². The molecule has 0 bridgehead atoms. The van der Waals surface area contributed by atoms with Gasteiger partial charge in [0.15, 0.2) is 0 Å². The number of halogens is 4. The fourth-order valence-corrected chi connectivity index (χ4v) is 1.22. The Balaban J connectivity index is 2.97. The highest BCUT2D eigenvalue weighted by molar-refractivity contribution is 6.28. The summed E-state index contributed by atoms with van der Waals surface area (Å²) in [5.74, 6) is 0.0131. The second-order valence-corrected chi connectivity index (χ2v) is 4.68. The van der Waals surface area contributed by atoms with E-state index in [2.05, 4.69) is 20.3 Å². The van der Waals surface area contributed by atoms with Gasteiger partial charge in [0.25, 0.3) is 0 Å². The van der Waals surface area contributed by atoms with Gasteiger partial charge in [-0.2, -0.15) is 28.1 Å². The molecule has 1 heterocycles. The van der Waals surface area contributed by atoms with Crippen LogP contribution in [0.4, 0.5) is 25.1 Å². The average Bonchev–Trinajstić information content (AvgIpc) is 2.25. The Labute approximate surface area is 114 Å². The highest BCUT2D eigenvalue weighted by atomic mass is 35.5. The number of rotatable bonds is 4. The summed E-state index contributed by atoms with van der Waals surface area (Å²) in [7, 11) is 1.72. The number of aromatic nitrogens is 3. The van der Waals surface area contributed by atoms with Crippen LogP contribution in [0, 0.1) is 0 Å². The average molecular weight is 298 g/mol. The predicted molar refractivity (Wildman–Crippen MR) is 67.5 cm³/mol. The zero-order valence-corrected chi connectivity index (χ0v) is 11.7. The number of anilines is 2. The van der Waals surface area contributed by atoms with Crippen LogP contribution in [0.1, 0.15) is 20.8 Å². The molecule has 1 aromatic heterocycles. The molecule has 0 aliphatic carbocycles. The molecule has 1 rings (SSSR count). The highest BCUT2D eigenvalue weighted by Crippen LogP contribution is 2.23. The first-order chi connectivity index (χ1) is 8.61. The quantitative estimate of drug-likeness (QED) is 0.926. The second-order valence-electron chi connectivity index (χ2n) is 4.34. The van der Waals surface area contributed by atoms with Crippen LogP contribution in [-0.2, 0) is 0 Å². The molecule has 0 aliphatic heterocycles. The molecule has 0 radical (unpaired) electrons. The van der Waals surface area contributed by atoms with Crippen LogP contribution in [-0.4, -0.2) is 40.3 Å².